The number of ether oxygens (including phenoxy) is 1. The number of anilines is 1. The molecule has 174 valence electrons. The highest BCUT2D eigenvalue weighted by Crippen LogP contribution is 2.26. The van der Waals surface area contributed by atoms with Crippen molar-refractivity contribution in [3.05, 3.63) is 102 Å². The SMILES string of the molecule is COc1ccc(CNc2nnc(SCC(=O)NC(Cc3ccccc3)c3ccccc3)s2)cc1. The molecule has 0 aliphatic heterocycles. The van der Waals surface area contributed by atoms with Gasteiger partial charge in [-0.25, -0.2) is 0 Å². The summed E-state index contributed by atoms with van der Waals surface area (Å²) in [4.78, 5) is 12.8. The van der Waals surface area contributed by atoms with E-state index in [1.54, 1.807) is 7.11 Å². The summed E-state index contributed by atoms with van der Waals surface area (Å²) in [5, 5.41) is 15.6. The zero-order valence-electron chi connectivity index (χ0n) is 18.8. The topological polar surface area (TPSA) is 76.1 Å². The van der Waals surface area contributed by atoms with E-state index in [1.807, 2.05) is 72.8 Å². The largest absolute Gasteiger partial charge is 0.497 e. The Morgan fingerprint density at radius 1 is 0.941 bits per heavy atom. The molecular formula is C26H26N4O2S2. The van der Waals surface area contributed by atoms with Crippen LogP contribution in [0, 0.1) is 0 Å². The maximum Gasteiger partial charge on any atom is 0.230 e. The predicted octanol–water partition coefficient (Wildman–Crippen LogP) is 5.35. The molecule has 1 amide bonds. The van der Waals surface area contributed by atoms with E-state index in [0.717, 1.165) is 32.8 Å². The van der Waals surface area contributed by atoms with Crippen LogP contribution in [0.2, 0.25) is 0 Å². The second-order valence-corrected chi connectivity index (χ2v) is 9.78. The zero-order chi connectivity index (χ0) is 23.6. The third-order valence-electron chi connectivity index (χ3n) is 5.16. The van der Waals surface area contributed by atoms with Gasteiger partial charge in [-0.05, 0) is 35.2 Å². The maximum atomic E-state index is 12.8. The van der Waals surface area contributed by atoms with Crippen LogP contribution in [-0.2, 0) is 17.8 Å². The van der Waals surface area contributed by atoms with Gasteiger partial charge in [0.25, 0.3) is 0 Å². The number of amides is 1. The molecule has 6 nitrogen and oxygen atoms in total. The molecular weight excluding hydrogens is 464 g/mol. The lowest BCUT2D eigenvalue weighted by atomic mass is 9.99. The van der Waals surface area contributed by atoms with Crippen molar-refractivity contribution in [2.75, 3.05) is 18.2 Å². The highest BCUT2D eigenvalue weighted by Gasteiger charge is 2.16. The first-order valence-electron chi connectivity index (χ1n) is 10.9. The highest BCUT2D eigenvalue weighted by molar-refractivity contribution is 8.01. The average Bonchev–Trinajstić information content (AvgIpc) is 3.35. The number of nitrogens with zero attached hydrogens (tertiary/aromatic N) is 2. The van der Waals surface area contributed by atoms with Gasteiger partial charge >= 0.3 is 0 Å². The molecule has 2 N–H and O–H groups in total. The van der Waals surface area contributed by atoms with Crippen molar-refractivity contribution < 1.29 is 9.53 Å². The van der Waals surface area contributed by atoms with Crippen LogP contribution in [0.3, 0.4) is 0 Å². The monoisotopic (exact) mass is 490 g/mol. The third kappa shape index (κ3) is 7.07. The first-order valence-corrected chi connectivity index (χ1v) is 12.7. The van der Waals surface area contributed by atoms with Gasteiger partial charge in [-0.3, -0.25) is 4.79 Å². The molecule has 0 fully saturated rings. The lowest BCUT2D eigenvalue weighted by Crippen LogP contribution is -2.31. The summed E-state index contributed by atoms with van der Waals surface area (Å²) in [6, 6.07) is 28.0. The van der Waals surface area contributed by atoms with Crippen molar-refractivity contribution in [2.45, 2.75) is 23.3 Å². The second-order valence-electron chi connectivity index (χ2n) is 7.58. The number of methoxy groups -OCH3 is 1. The normalized spacial score (nSPS) is 11.6. The Hall–Kier alpha value is -3.36. The Balaban J connectivity index is 1.29. The van der Waals surface area contributed by atoms with E-state index in [0.29, 0.717) is 6.54 Å². The second kappa shape index (κ2) is 12.2. The summed E-state index contributed by atoms with van der Waals surface area (Å²) in [5.74, 6) is 1.08. The number of carbonyl (C=O) groups excluding carboxylic acids is 1. The fourth-order valence-corrected chi connectivity index (χ4v) is 4.97. The Kier molecular flexibility index (Phi) is 8.54. The molecule has 4 aromatic rings. The van der Waals surface area contributed by atoms with Crippen LogP contribution in [-0.4, -0.2) is 29.0 Å². The Labute approximate surface area is 207 Å². The minimum Gasteiger partial charge on any atom is -0.497 e. The Morgan fingerprint density at radius 2 is 1.65 bits per heavy atom. The van der Waals surface area contributed by atoms with E-state index in [-0.39, 0.29) is 17.7 Å². The highest BCUT2D eigenvalue weighted by atomic mass is 32.2. The quantitative estimate of drug-likeness (QED) is 0.276. The van der Waals surface area contributed by atoms with Gasteiger partial charge in [0.2, 0.25) is 11.0 Å². The minimum absolute atomic E-state index is 0.0299. The van der Waals surface area contributed by atoms with E-state index >= 15 is 0 Å². The van der Waals surface area contributed by atoms with Gasteiger partial charge < -0.3 is 15.4 Å². The summed E-state index contributed by atoms with van der Waals surface area (Å²) in [6.45, 7) is 0.641. The van der Waals surface area contributed by atoms with Gasteiger partial charge in [0.1, 0.15) is 5.75 Å². The van der Waals surface area contributed by atoms with Gasteiger partial charge in [0, 0.05) is 6.54 Å². The number of aromatic nitrogens is 2. The summed E-state index contributed by atoms with van der Waals surface area (Å²) in [6.07, 6.45) is 0.736. The van der Waals surface area contributed by atoms with E-state index < -0.39 is 0 Å². The number of nitrogens with one attached hydrogen (secondary N) is 2. The molecule has 4 rings (SSSR count). The van der Waals surface area contributed by atoms with E-state index in [4.69, 9.17) is 4.74 Å². The van der Waals surface area contributed by atoms with E-state index in [9.17, 15) is 4.79 Å². The maximum absolute atomic E-state index is 12.8. The van der Waals surface area contributed by atoms with Crippen LogP contribution < -0.4 is 15.4 Å². The zero-order valence-corrected chi connectivity index (χ0v) is 20.4. The van der Waals surface area contributed by atoms with Crippen molar-refractivity contribution in [1.29, 1.82) is 0 Å². The van der Waals surface area contributed by atoms with Gasteiger partial charge in [-0.1, -0.05) is 95.9 Å². The van der Waals surface area contributed by atoms with Crippen molar-refractivity contribution in [3.8, 4) is 5.75 Å². The van der Waals surface area contributed by atoms with E-state index in [1.165, 1.54) is 28.7 Å². The lowest BCUT2D eigenvalue weighted by Gasteiger charge is -2.19. The molecule has 3 aromatic carbocycles. The van der Waals surface area contributed by atoms with Gasteiger partial charge in [-0.15, -0.1) is 10.2 Å². The molecule has 1 aromatic heterocycles. The van der Waals surface area contributed by atoms with Crippen LogP contribution in [0.5, 0.6) is 5.75 Å². The number of thioether (sulfide) groups is 1. The summed E-state index contributed by atoms with van der Waals surface area (Å²) in [7, 11) is 1.65. The van der Waals surface area contributed by atoms with Crippen molar-refractivity contribution in [2.24, 2.45) is 0 Å². The first-order chi connectivity index (χ1) is 16.7. The molecule has 0 saturated heterocycles. The molecule has 0 aliphatic rings. The summed E-state index contributed by atoms with van der Waals surface area (Å²) >= 11 is 2.84. The Morgan fingerprint density at radius 3 is 2.35 bits per heavy atom. The summed E-state index contributed by atoms with van der Waals surface area (Å²) < 4.78 is 5.94. The molecule has 1 heterocycles. The molecule has 1 atom stereocenters. The summed E-state index contributed by atoms with van der Waals surface area (Å²) in [5.41, 5.74) is 3.39. The van der Waals surface area contributed by atoms with Gasteiger partial charge in [-0.2, -0.15) is 0 Å². The van der Waals surface area contributed by atoms with Gasteiger partial charge in [0.15, 0.2) is 4.34 Å². The molecule has 0 spiro atoms. The first kappa shape index (κ1) is 23.8. The van der Waals surface area contributed by atoms with Crippen LogP contribution in [0.15, 0.2) is 89.3 Å². The number of hydrogen-bond acceptors (Lipinski definition) is 7. The van der Waals surface area contributed by atoms with Crippen LogP contribution in [0.25, 0.3) is 0 Å². The number of rotatable bonds is 11. The molecule has 0 bridgehead atoms. The molecule has 1 unspecified atom stereocenters. The number of benzene rings is 3. The van der Waals surface area contributed by atoms with E-state index in [2.05, 4.69) is 33.0 Å². The minimum atomic E-state index is -0.0900. The lowest BCUT2D eigenvalue weighted by molar-refractivity contribution is -0.119. The molecule has 0 radical (unpaired) electrons. The number of hydrogen-bond donors (Lipinski definition) is 2. The van der Waals surface area contributed by atoms with Crippen LogP contribution in [0.4, 0.5) is 5.13 Å². The van der Waals surface area contributed by atoms with Crippen molar-refractivity contribution >= 4 is 34.1 Å². The Bertz CT molecular complexity index is 1170. The van der Waals surface area contributed by atoms with Crippen LogP contribution >= 0.6 is 23.1 Å². The standard InChI is InChI=1S/C26H26N4O2S2/c1-32-22-14-12-20(13-15-22)17-27-25-29-30-26(34-25)33-18-24(31)28-23(21-10-6-3-7-11-21)16-19-8-4-2-5-9-19/h2-15,23H,16-18H2,1H3,(H,27,29)(H,28,31). The fourth-order valence-electron chi connectivity index (χ4n) is 3.41. The third-order valence-corrected chi connectivity index (χ3v) is 7.17. The molecule has 0 aliphatic carbocycles. The number of carbonyl (C=O) groups is 1. The van der Waals surface area contributed by atoms with Gasteiger partial charge in [0.05, 0.1) is 18.9 Å². The predicted molar refractivity (Wildman–Crippen MR) is 138 cm³/mol. The van der Waals surface area contributed by atoms with Crippen molar-refractivity contribution in [1.82, 2.24) is 15.5 Å². The van der Waals surface area contributed by atoms with Crippen LogP contribution in [0.1, 0.15) is 22.7 Å². The molecule has 34 heavy (non-hydrogen) atoms. The average molecular weight is 491 g/mol. The molecule has 8 heteroatoms. The fraction of sp³-hybridized carbons (Fsp3) is 0.192. The smallest absolute Gasteiger partial charge is 0.230 e. The van der Waals surface area contributed by atoms with Crippen molar-refractivity contribution in [3.63, 3.8) is 0 Å². The molecule has 0 saturated carbocycles.